The molecular weight excluding hydrogens is 347 g/mol. The van der Waals surface area contributed by atoms with Crippen LogP contribution in [0.5, 0.6) is 0 Å². The maximum Gasteiger partial charge on any atom is 0.410 e. The van der Waals surface area contributed by atoms with E-state index in [2.05, 4.69) is 10.2 Å². The summed E-state index contributed by atoms with van der Waals surface area (Å²) in [5.41, 5.74) is -0.588. The minimum atomic E-state index is -1.17. The van der Waals surface area contributed by atoms with Crippen LogP contribution in [0.25, 0.3) is 0 Å². The normalized spacial score (nSPS) is 28.8. The molecule has 0 aliphatic carbocycles. The number of alkyl halides is 1. The predicted molar refractivity (Wildman–Crippen MR) is 93.6 cm³/mol. The van der Waals surface area contributed by atoms with E-state index in [1.165, 1.54) is 0 Å². The minimum Gasteiger partial charge on any atom is -0.444 e. The molecule has 3 heterocycles. The van der Waals surface area contributed by atoms with Gasteiger partial charge in [-0.2, -0.15) is 0 Å². The van der Waals surface area contributed by atoms with E-state index in [1.807, 2.05) is 20.8 Å². The third-order valence-corrected chi connectivity index (χ3v) is 5.08. The first-order valence-electron chi connectivity index (χ1n) is 8.55. The van der Waals surface area contributed by atoms with Gasteiger partial charge < -0.3 is 9.64 Å². The SMILES string of the molecule is CN(c1ccc(Cl)nn1)[C@@H]1C[C@H]2CC[C@@H]([C@@H]1F)N2C(=O)OC(C)(C)C. The average Bonchev–Trinajstić information content (AvgIpc) is 2.87. The lowest BCUT2D eigenvalue weighted by atomic mass is 9.94. The van der Waals surface area contributed by atoms with E-state index < -0.39 is 23.9 Å². The molecule has 3 rings (SSSR count). The zero-order chi connectivity index (χ0) is 18.4. The summed E-state index contributed by atoms with van der Waals surface area (Å²) < 4.78 is 20.7. The summed E-state index contributed by atoms with van der Waals surface area (Å²) in [6.07, 6.45) is 0.393. The molecule has 4 atom stereocenters. The third-order valence-electron chi connectivity index (χ3n) is 4.88. The van der Waals surface area contributed by atoms with Crippen LogP contribution in [-0.2, 0) is 4.74 Å². The fraction of sp³-hybridized carbons (Fsp3) is 0.706. The summed E-state index contributed by atoms with van der Waals surface area (Å²) in [5, 5.41) is 8.16. The summed E-state index contributed by atoms with van der Waals surface area (Å²) >= 11 is 5.77. The molecule has 0 unspecified atom stereocenters. The summed E-state index contributed by atoms with van der Waals surface area (Å²) in [7, 11) is 1.80. The molecule has 0 saturated carbocycles. The highest BCUT2D eigenvalue weighted by molar-refractivity contribution is 6.29. The lowest BCUT2D eigenvalue weighted by Crippen LogP contribution is -2.59. The lowest BCUT2D eigenvalue weighted by molar-refractivity contribution is -0.0104. The Bertz CT molecular complexity index is 637. The molecule has 138 valence electrons. The maximum atomic E-state index is 15.2. The first-order valence-corrected chi connectivity index (χ1v) is 8.92. The van der Waals surface area contributed by atoms with E-state index in [1.54, 1.807) is 29.0 Å². The molecule has 1 aromatic rings. The first kappa shape index (κ1) is 18.2. The number of aromatic nitrogens is 2. The Morgan fingerprint density at radius 2 is 2.08 bits per heavy atom. The molecule has 2 fully saturated rings. The quantitative estimate of drug-likeness (QED) is 0.798. The smallest absolute Gasteiger partial charge is 0.410 e. The van der Waals surface area contributed by atoms with Crippen LogP contribution in [-0.4, -0.2) is 58.1 Å². The first-order chi connectivity index (χ1) is 11.7. The fourth-order valence-electron chi connectivity index (χ4n) is 3.76. The molecule has 6 nitrogen and oxygen atoms in total. The van der Waals surface area contributed by atoms with Gasteiger partial charge in [0.2, 0.25) is 0 Å². The highest BCUT2D eigenvalue weighted by Crippen LogP contribution is 2.40. The van der Waals surface area contributed by atoms with Crippen molar-refractivity contribution in [1.29, 1.82) is 0 Å². The molecule has 8 heteroatoms. The second-order valence-electron chi connectivity index (χ2n) is 7.76. The van der Waals surface area contributed by atoms with Gasteiger partial charge in [0.05, 0.1) is 12.1 Å². The number of hydrogen-bond acceptors (Lipinski definition) is 5. The molecule has 25 heavy (non-hydrogen) atoms. The number of halogens is 2. The maximum absolute atomic E-state index is 15.2. The largest absolute Gasteiger partial charge is 0.444 e. The van der Waals surface area contributed by atoms with Gasteiger partial charge in [0, 0.05) is 13.1 Å². The Hall–Kier alpha value is -1.63. The van der Waals surface area contributed by atoms with Crippen molar-refractivity contribution in [3.05, 3.63) is 17.3 Å². The zero-order valence-corrected chi connectivity index (χ0v) is 15.7. The summed E-state index contributed by atoms with van der Waals surface area (Å²) in [5.74, 6) is 0.571. The zero-order valence-electron chi connectivity index (χ0n) is 14.9. The Kier molecular flexibility index (Phi) is 4.79. The van der Waals surface area contributed by atoms with Crippen molar-refractivity contribution in [2.75, 3.05) is 11.9 Å². The number of amides is 1. The summed E-state index contributed by atoms with van der Waals surface area (Å²) in [6, 6.07) is 2.54. The van der Waals surface area contributed by atoms with E-state index >= 15 is 4.39 Å². The molecular formula is C17H24ClFN4O2. The highest BCUT2D eigenvalue weighted by atomic mass is 35.5. The van der Waals surface area contributed by atoms with Gasteiger partial charge in [0.1, 0.15) is 11.8 Å². The van der Waals surface area contributed by atoms with Crippen LogP contribution in [0.2, 0.25) is 5.15 Å². The molecule has 0 radical (unpaired) electrons. The van der Waals surface area contributed by atoms with Crippen molar-refractivity contribution in [1.82, 2.24) is 15.1 Å². The molecule has 1 amide bonds. The van der Waals surface area contributed by atoms with Gasteiger partial charge in [-0.1, -0.05) is 11.6 Å². The number of piperidine rings is 1. The number of carbonyl (C=O) groups is 1. The van der Waals surface area contributed by atoms with Crippen LogP contribution >= 0.6 is 11.6 Å². The number of carbonyl (C=O) groups excluding carboxylic acids is 1. The second kappa shape index (κ2) is 6.59. The van der Waals surface area contributed by atoms with Crippen LogP contribution < -0.4 is 4.90 Å². The topological polar surface area (TPSA) is 58.6 Å². The summed E-state index contributed by atoms with van der Waals surface area (Å²) in [6.45, 7) is 5.46. The van der Waals surface area contributed by atoms with Gasteiger partial charge in [-0.3, -0.25) is 4.90 Å². The number of nitrogens with zero attached hydrogens (tertiary/aromatic N) is 4. The number of fused-ring (bicyclic) bond motifs is 2. The van der Waals surface area contributed by atoms with Gasteiger partial charge in [-0.15, -0.1) is 10.2 Å². The van der Waals surface area contributed by atoms with Crippen LogP contribution in [0, 0.1) is 0 Å². The standard InChI is InChI=1S/C17H24ClFN4O2/c1-17(2,3)25-16(24)23-10-5-6-11(23)15(19)12(9-10)22(4)14-8-7-13(18)20-21-14/h7-8,10-12,15H,5-6,9H2,1-4H3/t10-,11+,12-,15+/m1/s1. The molecule has 0 N–H and O–H groups in total. The molecule has 0 aromatic carbocycles. The molecule has 1 aromatic heterocycles. The molecule has 2 bridgehead atoms. The van der Waals surface area contributed by atoms with Crippen LogP contribution in [0.15, 0.2) is 12.1 Å². The van der Waals surface area contributed by atoms with E-state index in [4.69, 9.17) is 16.3 Å². The monoisotopic (exact) mass is 370 g/mol. The van der Waals surface area contributed by atoms with E-state index in [0.717, 1.165) is 6.42 Å². The van der Waals surface area contributed by atoms with Gasteiger partial charge in [-0.25, -0.2) is 9.18 Å². The van der Waals surface area contributed by atoms with Gasteiger partial charge in [-0.05, 0) is 52.2 Å². The fourth-order valence-corrected chi connectivity index (χ4v) is 3.86. The van der Waals surface area contributed by atoms with Crippen molar-refractivity contribution < 1.29 is 13.9 Å². The van der Waals surface area contributed by atoms with Gasteiger partial charge in [0.25, 0.3) is 0 Å². The van der Waals surface area contributed by atoms with Crippen molar-refractivity contribution in [3.8, 4) is 0 Å². The van der Waals surface area contributed by atoms with Gasteiger partial charge in [0.15, 0.2) is 11.0 Å². The second-order valence-corrected chi connectivity index (χ2v) is 8.15. The van der Waals surface area contributed by atoms with Crippen LogP contribution in [0.3, 0.4) is 0 Å². The molecule has 2 aliphatic heterocycles. The predicted octanol–water partition coefficient (Wildman–Crippen LogP) is 3.44. The number of ether oxygens (including phenoxy) is 1. The Balaban J connectivity index is 1.76. The van der Waals surface area contributed by atoms with Crippen molar-refractivity contribution in [2.45, 2.75) is 69.9 Å². The number of hydrogen-bond donors (Lipinski definition) is 0. The van der Waals surface area contributed by atoms with Crippen LogP contribution in [0.1, 0.15) is 40.0 Å². The third kappa shape index (κ3) is 3.66. The Morgan fingerprint density at radius 3 is 2.68 bits per heavy atom. The van der Waals surface area contributed by atoms with Crippen LogP contribution in [0.4, 0.5) is 15.0 Å². The number of anilines is 1. The van der Waals surface area contributed by atoms with E-state index in [0.29, 0.717) is 23.8 Å². The minimum absolute atomic E-state index is 0.0143. The number of rotatable bonds is 2. The Morgan fingerprint density at radius 1 is 1.36 bits per heavy atom. The lowest BCUT2D eigenvalue weighted by Gasteiger charge is -2.44. The summed E-state index contributed by atoms with van der Waals surface area (Å²) in [4.78, 5) is 15.9. The molecule has 2 saturated heterocycles. The molecule has 2 aliphatic rings. The highest BCUT2D eigenvalue weighted by Gasteiger charge is 2.52. The molecule has 0 spiro atoms. The average molecular weight is 371 g/mol. The van der Waals surface area contributed by atoms with E-state index in [-0.39, 0.29) is 12.1 Å². The Labute approximate surface area is 152 Å². The van der Waals surface area contributed by atoms with Crippen molar-refractivity contribution >= 4 is 23.5 Å². The van der Waals surface area contributed by atoms with Gasteiger partial charge >= 0.3 is 6.09 Å². The van der Waals surface area contributed by atoms with E-state index in [9.17, 15) is 4.79 Å². The van der Waals surface area contributed by atoms with Crippen molar-refractivity contribution in [2.24, 2.45) is 0 Å². The van der Waals surface area contributed by atoms with Crippen molar-refractivity contribution in [3.63, 3.8) is 0 Å².